The van der Waals surface area contributed by atoms with Crippen LogP contribution in [0.3, 0.4) is 0 Å². The third-order valence-electron chi connectivity index (χ3n) is 1.63. The smallest absolute Gasteiger partial charge is 0.387 e. The van der Waals surface area contributed by atoms with Crippen LogP contribution >= 0.6 is 11.6 Å². The van der Waals surface area contributed by atoms with Crippen molar-refractivity contribution in [3.8, 4) is 5.75 Å². The second-order valence-electron chi connectivity index (χ2n) is 2.60. The number of nitrogens with one attached hydrogen (secondary N) is 1. The SMILES string of the molecule is CNC(=O)c1ccc(Cl)cc1OC(F)F. The van der Waals surface area contributed by atoms with Gasteiger partial charge in [-0.2, -0.15) is 8.78 Å². The third-order valence-corrected chi connectivity index (χ3v) is 1.87. The Morgan fingerprint density at radius 2 is 2.20 bits per heavy atom. The van der Waals surface area contributed by atoms with Crippen molar-refractivity contribution in [3.63, 3.8) is 0 Å². The fraction of sp³-hybridized carbons (Fsp3) is 0.222. The highest BCUT2D eigenvalue weighted by Gasteiger charge is 2.14. The maximum Gasteiger partial charge on any atom is 0.387 e. The number of amides is 1. The molecule has 0 unspecified atom stereocenters. The summed E-state index contributed by atoms with van der Waals surface area (Å²) in [7, 11) is 1.39. The van der Waals surface area contributed by atoms with E-state index in [0.29, 0.717) is 0 Å². The van der Waals surface area contributed by atoms with Gasteiger partial charge in [-0.1, -0.05) is 11.6 Å². The molecule has 0 aliphatic heterocycles. The lowest BCUT2D eigenvalue weighted by molar-refractivity contribution is -0.0501. The summed E-state index contributed by atoms with van der Waals surface area (Å²) in [5.41, 5.74) is 0.0159. The van der Waals surface area contributed by atoms with Gasteiger partial charge in [-0.3, -0.25) is 4.79 Å². The zero-order chi connectivity index (χ0) is 11.4. The molecule has 1 aromatic rings. The third kappa shape index (κ3) is 3.06. The molecular formula is C9H8ClF2NO2. The van der Waals surface area contributed by atoms with Gasteiger partial charge in [0, 0.05) is 12.1 Å². The molecule has 0 heterocycles. The van der Waals surface area contributed by atoms with E-state index in [9.17, 15) is 13.6 Å². The molecule has 1 aromatic carbocycles. The van der Waals surface area contributed by atoms with Gasteiger partial charge in [0.2, 0.25) is 0 Å². The number of rotatable bonds is 3. The summed E-state index contributed by atoms with van der Waals surface area (Å²) < 4.78 is 28.2. The van der Waals surface area contributed by atoms with Crippen molar-refractivity contribution in [1.29, 1.82) is 0 Å². The molecular weight excluding hydrogens is 228 g/mol. The van der Waals surface area contributed by atoms with Gasteiger partial charge < -0.3 is 10.1 Å². The summed E-state index contributed by atoms with van der Waals surface area (Å²) in [6, 6.07) is 3.90. The van der Waals surface area contributed by atoms with Crippen molar-refractivity contribution >= 4 is 17.5 Å². The largest absolute Gasteiger partial charge is 0.434 e. The number of carbonyl (C=O) groups is 1. The van der Waals surface area contributed by atoms with Crippen LogP contribution in [0.2, 0.25) is 5.02 Å². The molecule has 0 aliphatic rings. The molecule has 6 heteroatoms. The van der Waals surface area contributed by atoms with Crippen molar-refractivity contribution in [2.24, 2.45) is 0 Å². The van der Waals surface area contributed by atoms with Crippen molar-refractivity contribution < 1.29 is 18.3 Å². The van der Waals surface area contributed by atoms with Crippen LogP contribution in [0.15, 0.2) is 18.2 Å². The number of ether oxygens (including phenoxy) is 1. The summed E-state index contributed by atoms with van der Waals surface area (Å²) in [6.45, 7) is -2.99. The first-order valence-electron chi connectivity index (χ1n) is 4.01. The molecule has 1 N–H and O–H groups in total. The summed E-state index contributed by atoms with van der Waals surface area (Å²) >= 11 is 5.59. The van der Waals surface area contributed by atoms with Crippen LogP contribution in [0.1, 0.15) is 10.4 Å². The molecule has 1 rings (SSSR count). The molecule has 0 spiro atoms. The van der Waals surface area contributed by atoms with E-state index in [1.54, 1.807) is 0 Å². The van der Waals surface area contributed by atoms with Gasteiger partial charge in [0.05, 0.1) is 5.56 Å². The number of hydrogen-bond donors (Lipinski definition) is 1. The molecule has 3 nitrogen and oxygen atoms in total. The van der Waals surface area contributed by atoms with Crippen molar-refractivity contribution in [2.45, 2.75) is 6.61 Å². The van der Waals surface area contributed by atoms with E-state index in [2.05, 4.69) is 10.1 Å². The van der Waals surface area contributed by atoms with Crippen LogP contribution < -0.4 is 10.1 Å². The minimum atomic E-state index is -2.99. The normalized spacial score (nSPS) is 10.2. The molecule has 0 saturated carbocycles. The Kier molecular flexibility index (Phi) is 3.85. The number of halogens is 3. The van der Waals surface area contributed by atoms with Crippen molar-refractivity contribution in [2.75, 3.05) is 7.05 Å². The number of benzene rings is 1. The Morgan fingerprint density at radius 3 is 2.73 bits per heavy atom. The lowest BCUT2D eigenvalue weighted by Gasteiger charge is -2.09. The van der Waals surface area contributed by atoms with Crippen LogP contribution in [0.25, 0.3) is 0 Å². The maximum absolute atomic E-state index is 12.0. The summed E-state index contributed by atoms with van der Waals surface area (Å²) in [4.78, 5) is 11.2. The van der Waals surface area contributed by atoms with E-state index in [1.165, 1.54) is 19.2 Å². The lowest BCUT2D eigenvalue weighted by atomic mass is 10.2. The van der Waals surface area contributed by atoms with Gasteiger partial charge in [0.15, 0.2) is 0 Å². The predicted molar refractivity (Wildman–Crippen MR) is 51.5 cm³/mol. The second kappa shape index (κ2) is 4.93. The number of carbonyl (C=O) groups excluding carboxylic acids is 1. The van der Waals surface area contributed by atoms with Gasteiger partial charge in [0.1, 0.15) is 5.75 Å². The Bertz CT molecular complexity index is 371. The second-order valence-corrected chi connectivity index (χ2v) is 3.03. The zero-order valence-corrected chi connectivity index (χ0v) is 8.52. The van der Waals surface area contributed by atoms with Crippen LogP contribution in [-0.2, 0) is 0 Å². The first-order chi connectivity index (χ1) is 7.04. The molecule has 0 bridgehead atoms. The quantitative estimate of drug-likeness (QED) is 0.873. The molecule has 0 radical (unpaired) electrons. The highest BCUT2D eigenvalue weighted by Crippen LogP contribution is 2.24. The van der Waals surface area contributed by atoms with Crippen LogP contribution in [-0.4, -0.2) is 19.6 Å². The van der Waals surface area contributed by atoms with Crippen LogP contribution in [0, 0.1) is 0 Å². The predicted octanol–water partition coefficient (Wildman–Crippen LogP) is 2.30. The van der Waals surface area contributed by atoms with E-state index in [-0.39, 0.29) is 16.3 Å². The van der Waals surface area contributed by atoms with Crippen molar-refractivity contribution in [3.05, 3.63) is 28.8 Å². The Morgan fingerprint density at radius 1 is 1.53 bits per heavy atom. The molecule has 0 aliphatic carbocycles. The highest BCUT2D eigenvalue weighted by molar-refractivity contribution is 6.30. The summed E-state index contributed by atoms with van der Waals surface area (Å²) in [5, 5.41) is 2.53. The molecule has 0 atom stereocenters. The molecule has 15 heavy (non-hydrogen) atoms. The van der Waals surface area contributed by atoms with Crippen LogP contribution in [0.5, 0.6) is 5.75 Å². The number of alkyl halides is 2. The van der Waals surface area contributed by atoms with Crippen LogP contribution in [0.4, 0.5) is 8.78 Å². The fourth-order valence-electron chi connectivity index (χ4n) is 1.01. The molecule has 0 saturated heterocycles. The molecule has 82 valence electrons. The fourth-order valence-corrected chi connectivity index (χ4v) is 1.17. The van der Waals surface area contributed by atoms with E-state index < -0.39 is 12.5 Å². The van der Waals surface area contributed by atoms with Crippen molar-refractivity contribution in [1.82, 2.24) is 5.32 Å². The minimum absolute atomic E-state index is 0.0159. The Balaban J connectivity index is 3.08. The summed E-state index contributed by atoms with van der Waals surface area (Å²) in [5.74, 6) is -0.751. The average molecular weight is 236 g/mol. The first kappa shape index (κ1) is 11.7. The van der Waals surface area contributed by atoms with E-state index in [4.69, 9.17) is 11.6 Å². The Hall–Kier alpha value is -1.36. The van der Waals surface area contributed by atoms with Gasteiger partial charge in [-0.05, 0) is 18.2 Å². The van der Waals surface area contributed by atoms with Gasteiger partial charge >= 0.3 is 6.61 Å². The summed E-state index contributed by atoms with van der Waals surface area (Å²) in [6.07, 6.45) is 0. The molecule has 0 fully saturated rings. The lowest BCUT2D eigenvalue weighted by Crippen LogP contribution is -2.19. The van der Waals surface area contributed by atoms with Gasteiger partial charge in [-0.25, -0.2) is 0 Å². The number of hydrogen-bond acceptors (Lipinski definition) is 2. The van der Waals surface area contributed by atoms with Gasteiger partial charge in [0.25, 0.3) is 5.91 Å². The average Bonchev–Trinajstić information content (AvgIpc) is 2.16. The maximum atomic E-state index is 12.0. The van der Waals surface area contributed by atoms with Gasteiger partial charge in [-0.15, -0.1) is 0 Å². The zero-order valence-electron chi connectivity index (χ0n) is 7.76. The minimum Gasteiger partial charge on any atom is -0.434 e. The molecule has 0 aromatic heterocycles. The van der Waals surface area contributed by atoms with E-state index in [0.717, 1.165) is 6.07 Å². The molecule has 1 amide bonds. The first-order valence-corrected chi connectivity index (χ1v) is 4.39. The standard InChI is InChI=1S/C9H8ClF2NO2/c1-13-8(14)6-3-2-5(10)4-7(6)15-9(11)12/h2-4,9H,1H3,(H,13,14). The van der Waals surface area contributed by atoms with E-state index >= 15 is 0 Å². The Labute approximate surface area is 90.0 Å². The van der Waals surface area contributed by atoms with E-state index in [1.807, 2.05) is 0 Å². The monoisotopic (exact) mass is 235 g/mol. The highest BCUT2D eigenvalue weighted by atomic mass is 35.5. The topological polar surface area (TPSA) is 38.3 Å².